The van der Waals surface area contributed by atoms with E-state index in [-0.39, 0.29) is 6.04 Å². The summed E-state index contributed by atoms with van der Waals surface area (Å²) in [6.45, 7) is 1.95. The summed E-state index contributed by atoms with van der Waals surface area (Å²) in [5.74, 6) is 1.60. The zero-order chi connectivity index (χ0) is 16.4. The van der Waals surface area contributed by atoms with Crippen molar-refractivity contribution in [1.82, 2.24) is 9.97 Å². The van der Waals surface area contributed by atoms with E-state index in [9.17, 15) is 0 Å². The number of hydrogen-bond donors (Lipinski definition) is 2. The fourth-order valence-corrected chi connectivity index (χ4v) is 3.20. The molecular weight excluding hydrogens is 298 g/mol. The molecule has 0 spiro atoms. The van der Waals surface area contributed by atoms with Gasteiger partial charge in [0, 0.05) is 42.5 Å². The standard InChI is InChI=1S/C19H21N5/c20-15-5-3-11-24(13-15)16-9-10-21-19(12-16)23-18-8-7-14-4-1-2-6-17(14)22-18/h1-2,4,6-10,12,15H,3,5,11,13,20H2,(H,21,22,23)/t15-/m1/s1. The zero-order valence-electron chi connectivity index (χ0n) is 13.5. The van der Waals surface area contributed by atoms with Gasteiger partial charge in [0.2, 0.25) is 0 Å². The third kappa shape index (κ3) is 3.16. The van der Waals surface area contributed by atoms with Crippen LogP contribution in [0.3, 0.4) is 0 Å². The summed E-state index contributed by atoms with van der Waals surface area (Å²) in [5, 5.41) is 4.44. The second-order valence-corrected chi connectivity index (χ2v) is 6.26. The summed E-state index contributed by atoms with van der Waals surface area (Å²) in [4.78, 5) is 11.4. The van der Waals surface area contributed by atoms with Gasteiger partial charge in [-0.15, -0.1) is 0 Å². The third-order valence-electron chi connectivity index (χ3n) is 4.42. The highest BCUT2D eigenvalue weighted by Crippen LogP contribution is 2.23. The number of aromatic nitrogens is 2. The van der Waals surface area contributed by atoms with Crippen molar-refractivity contribution in [2.24, 2.45) is 5.73 Å². The number of nitrogens with one attached hydrogen (secondary N) is 1. The molecule has 5 nitrogen and oxygen atoms in total. The van der Waals surface area contributed by atoms with Crippen LogP contribution in [-0.2, 0) is 0 Å². The van der Waals surface area contributed by atoms with Gasteiger partial charge in [0.05, 0.1) is 5.52 Å². The van der Waals surface area contributed by atoms with E-state index < -0.39 is 0 Å². The number of rotatable bonds is 3. The second kappa shape index (κ2) is 6.45. The summed E-state index contributed by atoms with van der Waals surface area (Å²) in [7, 11) is 0. The number of para-hydroxylation sites is 1. The minimum absolute atomic E-state index is 0.255. The van der Waals surface area contributed by atoms with Crippen LogP contribution in [0.25, 0.3) is 10.9 Å². The number of piperidine rings is 1. The maximum atomic E-state index is 6.09. The van der Waals surface area contributed by atoms with E-state index in [1.807, 2.05) is 36.5 Å². The molecule has 0 amide bonds. The van der Waals surface area contributed by atoms with Crippen molar-refractivity contribution in [3.63, 3.8) is 0 Å². The Labute approximate surface area is 141 Å². The highest BCUT2D eigenvalue weighted by atomic mass is 15.2. The van der Waals surface area contributed by atoms with Crippen LogP contribution < -0.4 is 16.0 Å². The van der Waals surface area contributed by atoms with Crippen LogP contribution in [0.4, 0.5) is 17.3 Å². The number of nitrogens with zero attached hydrogens (tertiary/aromatic N) is 3. The molecule has 2 aromatic heterocycles. The Hall–Kier alpha value is -2.66. The molecule has 4 rings (SSSR count). The van der Waals surface area contributed by atoms with Gasteiger partial charge in [-0.3, -0.25) is 0 Å². The summed E-state index contributed by atoms with van der Waals surface area (Å²) in [6, 6.07) is 16.5. The normalized spacial score (nSPS) is 17.9. The fraction of sp³-hybridized carbons (Fsp3) is 0.263. The van der Waals surface area contributed by atoms with Crippen LogP contribution in [-0.4, -0.2) is 29.1 Å². The Morgan fingerprint density at radius 2 is 2.00 bits per heavy atom. The van der Waals surface area contributed by atoms with E-state index in [4.69, 9.17) is 5.73 Å². The van der Waals surface area contributed by atoms with E-state index in [0.717, 1.165) is 54.2 Å². The second-order valence-electron chi connectivity index (χ2n) is 6.26. The van der Waals surface area contributed by atoms with E-state index in [1.165, 1.54) is 0 Å². The van der Waals surface area contributed by atoms with Crippen molar-refractivity contribution >= 4 is 28.2 Å². The number of pyridine rings is 2. The Balaban J connectivity index is 1.56. The summed E-state index contributed by atoms with van der Waals surface area (Å²) in [5.41, 5.74) is 8.22. The van der Waals surface area contributed by atoms with Gasteiger partial charge >= 0.3 is 0 Å². The lowest BCUT2D eigenvalue weighted by molar-refractivity contribution is 0.506. The topological polar surface area (TPSA) is 67.1 Å². The van der Waals surface area contributed by atoms with E-state index in [1.54, 1.807) is 0 Å². The number of benzene rings is 1. The molecule has 3 N–H and O–H groups in total. The van der Waals surface area contributed by atoms with Gasteiger partial charge in [0.25, 0.3) is 0 Å². The van der Waals surface area contributed by atoms with Gasteiger partial charge in [0.15, 0.2) is 0 Å². The van der Waals surface area contributed by atoms with Crippen molar-refractivity contribution in [2.75, 3.05) is 23.3 Å². The first-order valence-electron chi connectivity index (χ1n) is 8.37. The molecule has 5 heteroatoms. The molecule has 0 aliphatic carbocycles. The molecule has 0 unspecified atom stereocenters. The van der Waals surface area contributed by atoms with Crippen molar-refractivity contribution in [2.45, 2.75) is 18.9 Å². The minimum Gasteiger partial charge on any atom is -0.370 e. The van der Waals surface area contributed by atoms with Gasteiger partial charge in [-0.05, 0) is 37.1 Å². The van der Waals surface area contributed by atoms with Crippen molar-refractivity contribution in [3.8, 4) is 0 Å². The lowest BCUT2D eigenvalue weighted by atomic mass is 10.1. The molecule has 1 fully saturated rings. The maximum absolute atomic E-state index is 6.09. The summed E-state index contributed by atoms with van der Waals surface area (Å²) in [6.07, 6.45) is 4.07. The molecule has 3 heterocycles. The maximum Gasteiger partial charge on any atom is 0.133 e. The Morgan fingerprint density at radius 3 is 2.92 bits per heavy atom. The summed E-state index contributed by atoms with van der Waals surface area (Å²) < 4.78 is 0. The number of fused-ring (bicyclic) bond motifs is 1. The molecule has 0 bridgehead atoms. The first-order chi connectivity index (χ1) is 11.8. The average molecular weight is 319 g/mol. The van der Waals surface area contributed by atoms with Crippen molar-refractivity contribution in [3.05, 3.63) is 54.7 Å². The van der Waals surface area contributed by atoms with Gasteiger partial charge < -0.3 is 16.0 Å². The van der Waals surface area contributed by atoms with Crippen LogP contribution >= 0.6 is 0 Å². The highest BCUT2D eigenvalue weighted by molar-refractivity contribution is 5.80. The van der Waals surface area contributed by atoms with Crippen molar-refractivity contribution < 1.29 is 0 Å². The molecule has 24 heavy (non-hydrogen) atoms. The van der Waals surface area contributed by atoms with Crippen LogP contribution in [0, 0.1) is 0 Å². The SMILES string of the molecule is N[C@@H]1CCCN(c2ccnc(Nc3ccc4ccccc4n3)c2)C1. The van der Waals surface area contributed by atoms with Gasteiger partial charge in [-0.1, -0.05) is 18.2 Å². The number of anilines is 3. The van der Waals surface area contributed by atoms with Crippen LogP contribution in [0.2, 0.25) is 0 Å². The Kier molecular flexibility index (Phi) is 4.01. The molecule has 1 aliphatic rings. The molecule has 1 saturated heterocycles. The highest BCUT2D eigenvalue weighted by Gasteiger charge is 2.17. The first kappa shape index (κ1) is 14.9. The van der Waals surface area contributed by atoms with Crippen molar-refractivity contribution in [1.29, 1.82) is 0 Å². The molecule has 1 aromatic carbocycles. The van der Waals surface area contributed by atoms with Gasteiger partial charge in [0.1, 0.15) is 11.6 Å². The first-order valence-corrected chi connectivity index (χ1v) is 8.37. The Bertz CT molecular complexity index is 848. The quantitative estimate of drug-likeness (QED) is 0.775. The van der Waals surface area contributed by atoms with Crippen LogP contribution in [0.1, 0.15) is 12.8 Å². The van der Waals surface area contributed by atoms with Gasteiger partial charge in [-0.2, -0.15) is 0 Å². The Morgan fingerprint density at radius 1 is 1.08 bits per heavy atom. The van der Waals surface area contributed by atoms with Crippen LogP contribution in [0.15, 0.2) is 54.7 Å². The monoisotopic (exact) mass is 319 g/mol. The van der Waals surface area contributed by atoms with E-state index in [0.29, 0.717) is 0 Å². The number of hydrogen-bond acceptors (Lipinski definition) is 5. The third-order valence-corrected chi connectivity index (χ3v) is 4.42. The van der Waals surface area contributed by atoms with Gasteiger partial charge in [-0.25, -0.2) is 9.97 Å². The smallest absolute Gasteiger partial charge is 0.133 e. The summed E-state index contributed by atoms with van der Waals surface area (Å²) >= 11 is 0. The lowest BCUT2D eigenvalue weighted by Gasteiger charge is -2.32. The molecule has 0 saturated carbocycles. The molecule has 1 aliphatic heterocycles. The minimum atomic E-state index is 0.255. The molecule has 0 radical (unpaired) electrons. The predicted octanol–water partition coefficient (Wildman–Crippen LogP) is 3.30. The van der Waals surface area contributed by atoms with E-state index in [2.05, 4.69) is 38.4 Å². The predicted molar refractivity (Wildman–Crippen MR) is 98.7 cm³/mol. The zero-order valence-corrected chi connectivity index (χ0v) is 13.5. The lowest BCUT2D eigenvalue weighted by Crippen LogP contribution is -2.42. The molecule has 3 aromatic rings. The molecule has 122 valence electrons. The number of nitrogens with two attached hydrogens (primary N) is 1. The molecular formula is C19H21N5. The van der Waals surface area contributed by atoms with Crippen LogP contribution in [0.5, 0.6) is 0 Å². The average Bonchev–Trinajstić information content (AvgIpc) is 2.62. The fourth-order valence-electron chi connectivity index (χ4n) is 3.20. The molecule has 1 atom stereocenters. The largest absolute Gasteiger partial charge is 0.370 e. The van der Waals surface area contributed by atoms with E-state index >= 15 is 0 Å².